The van der Waals surface area contributed by atoms with Crippen LogP contribution in [0.25, 0.3) is 0 Å². The number of halogens is 1. The summed E-state index contributed by atoms with van der Waals surface area (Å²) in [7, 11) is -7.18. The number of sulfonamides is 1. The van der Waals surface area contributed by atoms with E-state index in [0.717, 1.165) is 31.7 Å². The second kappa shape index (κ2) is 7.43. The van der Waals surface area contributed by atoms with Gasteiger partial charge in [0.05, 0.1) is 0 Å². The first kappa shape index (κ1) is 20.3. The molecule has 1 aromatic heterocycles. The van der Waals surface area contributed by atoms with Crippen molar-refractivity contribution in [3.63, 3.8) is 0 Å². The standard InChI is InChI=1S/C13H21N3O4S2.ClH/c1-10(14)12-5-3-4-8-16(12)22(19,20)11-6-7-13(15-9-11)21(2,17)18;/h6-7,9-10,12H,3-5,8,14H2,1-2H3;1H. The molecule has 0 saturated carbocycles. The largest absolute Gasteiger partial charge is 0.326 e. The Morgan fingerprint density at radius 3 is 2.39 bits per heavy atom. The van der Waals surface area contributed by atoms with Crippen molar-refractivity contribution in [2.75, 3.05) is 12.8 Å². The van der Waals surface area contributed by atoms with Gasteiger partial charge in [0.1, 0.15) is 4.90 Å². The van der Waals surface area contributed by atoms with Crippen molar-refractivity contribution in [3.8, 4) is 0 Å². The van der Waals surface area contributed by atoms with E-state index in [4.69, 9.17) is 5.73 Å². The molecular formula is C13H22ClN3O4S2. The van der Waals surface area contributed by atoms with Crippen LogP contribution in [0.1, 0.15) is 26.2 Å². The first-order chi connectivity index (χ1) is 10.1. The van der Waals surface area contributed by atoms with Gasteiger partial charge >= 0.3 is 0 Å². The molecule has 1 aliphatic heterocycles. The third kappa shape index (κ3) is 4.42. The van der Waals surface area contributed by atoms with Gasteiger partial charge in [-0.3, -0.25) is 0 Å². The SMILES string of the molecule is CC(N)C1CCCCN1S(=O)(=O)c1ccc(S(C)(=O)=O)nc1.Cl. The Kier molecular flexibility index (Phi) is 6.56. The predicted molar refractivity (Wildman–Crippen MR) is 89.8 cm³/mol. The van der Waals surface area contributed by atoms with Crippen LogP contribution in [0, 0.1) is 0 Å². The molecule has 0 bridgehead atoms. The zero-order valence-corrected chi connectivity index (χ0v) is 15.5. The van der Waals surface area contributed by atoms with E-state index in [9.17, 15) is 16.8 Å². The molecule has 0 amide bonds. The second-order valence-corrected chi connectivity index (χ2v) is 9.50. The van der Waals surface area contributed by atoms with Crippen LogP contribution in [0.2, 0.25) is 0 Å². The molecule has 0 spiro atoms. The van der Waals surface area contributed by atoms with Crippen LogP contribution < -0.4 is 5.73 Å². The van der Waals surface area contributed by atoms with Crippen LogP contribution in [-0.2, 0) is 19.9 Å². The molecule has 10 heteroatoms. The molecule has 23 heavy (non-hydrogen) atoms. The summed E-state index contributed by atoms with van der Waals surface area (Å²) in [5, 5.41) is -0.145. The number of hydrogen-bond donors (Lipinski definition) is 1. The molecule has 0 radical (unpaired) electrons. The van der Waals surface area contributed by atoms with Crippen molar-refractivity contribution in [1.29, 1.82) is 0 Å². The van der Waals surface area contributed by atoms with E-state index < -0.39 is 19.9 Å². The lowest BCUT2D eigenvalue weighted by atomic mass is 10.00. The topological polar surface area (TPSA) is 110 Å². The number of sulfone groups is 1. The number of rotatable bonds is 4. The smallest absolute Gasteiger partial charge is 0.244 e. The molecule has 1 fully saturated rings. The summed E-state index contributed by atoms with van der Waals surface area (Å²) in [6, 6.07) is 1.99. The van der Waals surface area contributed by atoms with E-state index in [1.807, 2.05) is 0 Å². The number of nitrogens with zero attached hydrogens (tertiary/aromatic N) is 2. The van der Waals surface area contributed by atoms with Gasteiger partial charge in [0.2, 0.25) is 10.0 Å². The quantitative estimate of drug-likeness (QED) is 0.823. The third-order valence-corrected chi connectivity index (χ3v) is 6.71. The van der Waals surface area contributed by atoms with Crippen LogP contribution >= 0.6 is 12.4 Å². The molecule has 7 nitrogen and oxygen atoms in total. The van der Waals surface area contributed by atoms with Gasteiger partial charge in [-0.15, -0.1) is 12.4 Å². The summed E-state index contributed by atoms with van der Waals surface area (Å²) in [5.41, 5.74) is 5.91. The summed E-state index contributed by atoms with van der Waals surface area (Å²) in [4.78, 5) is 3.75. The highest BCUT2D eigenvalue weighted by Crippen LogP contribution is 2.26. The molecule has 2 heterocycles. The van der Waals surface area contributed by atoms with E-state index in [-0.39, 0.29) is 34.4 Å². The Hall–Kier alpha value is -0.740. The summed E-state index contributed by atoms with van der Waals surface area (Å²) in [6.45, 7) is 2.21. The molecular weight excluding hydrogens is 362 g/mol. The first-order valence-corrected chi connectivity index (χ1v) is 10.4. The van der Waals surface area contributed by atoms with Gasteiger partial charge in [-0.25, -0.2) is 21.8 Å². The number of hydrogen-bond acceptors (Lipinski definition) is 6. The lowest BCUT2D eigenvalue weighted by Crippen LogP contribution is -2.51. The van der Waals surface area contributed by atoms with Gasteiger partial charge < -0.3 is 5.73 Å². The number of aromatic nitrogens is 1. The van der Waals surface area contributed by atoms with Gasteiger partial charge in [-0.1, -0.05) is 6.42 Å². The van der Waals surface area contributed by atoms with Crippen LogP contribution in [0.4, 0.5) is 0 Å². The van der Waals surface area contributed by atoms with E-state index in [2.05, 4.69) is 4.98 Å². The van der Waals surface area contributed by atoms with Crippen LogP contribution in [0.5, 0.6) is 0 Å². The lowest BCUT2D eigenvalue weighted by Gasteiger charge is -2.36. The molecule has 1 aromatic rings. The minimum atomic E-state index is -3.72. The first-order valence-electron chi connectivity index (χ1n) is 7.07. The van der Waals surface area contributed by atoms with E-state index in [1.54, 1.807) is 6.92 Å². The minimum Gasteiger partial charge on any atom is -0.326 e. The Labute approximate surface area is 143 Å². The van der Waals surface area contributed by atoms with E-state index in [0.29, 0.717) is 6.54 Å². The van der Waals surface area contributed by atoms with Gasteiger partial charge in [0.15, 0.2) is 14.9 Å². The fraction of sp³-hybridized carbons (Fsp3) is 0.615. The number of piperidine rings is 1. The molecule has 132 valence electrons. The fourth-order valence-electron chi connectivity index (χ4n) is 2.63. The maximum Gasteiger partial charge on any atom is 0.244 e. The zero-order chi connectivity index (χ0) is 16.5. The van der Waals surface area contributed by atoms with Crippen LogP contribution in [0.3, 0.4) is 0 Å². The van der Waals surface area contributed by atoms with Crippen molar-refractivity contribution in [2.24, 2.45) is 5.73 Å². The molecule has 1 saturated heterocycles. The highest BCUT2D eigenvalue weighted by molar-refractivity contribution is 7.90. The van der Waals surface area contributed by atoms with E-state index >= 15 is 0 Å². The summed E-state index contributed by atoms with van der Waals surface area (Å²) >= 11 is 0. The van der Waals surface area contributed by atoms with Gasteiger partial charge in [0.25, 0.3) is 0 Å². The van der Waals surface area contributed by atoms with Crippen molar-refractivity contribution >= 4 is 32.3 Å². The van der Waals surface area contributed by atoms with Gasteiger partial charge in [-0.05, 0) is 31.9 Å². The second-order valence-electron chi connectivity index (χ2n) is 5.64. The molecule has 2 rings (SSSR count). The molecule has 2 N–H and O–H groups in total. The van der Waals surface area contributed by atoms with Crippen molar-refractivity contribution < 1.29 is 16.8 Å². The summed E-state index contributed by atoms with van der Waals surface area (Å²) in [5.74, 6) is 0. The predicted octanol–water partition coefficient (Wildman–Crippen LogP) is 0.797. The molecule has 2 unspecified atom stereocenters. The summed E-state index contributed by atoms with van der Waals surface area (Å²) in [6.07, 6.45) is 4.59. The molecule has 0 aromatic carbocycles. The monoisotopic (exact) mass is 383 g/mol. The molecule has 2 atom stereocenters. The van der Waals surface area contributed by atoms with Crippen molar-refractivity contribution in [1.82, 2.24) is 9.29 Å². The van der Waals surface area contributed by atoms with Crippen LogP contribution in [-0.4, -0.2) is 51.0 Å². The van der Waals surface area contributed by atoms with Gasteiger partial charge in [-0.2, -0.15) is 4.31 Å². The highest BCUT2D eigenvalue weighted by atomic mass is 35.5. The highest BCUT2D eigenvalue weighted by Gasteiger charge is 2.35. The normalized spacial score (nSPS) is 21.4. The molecule has 1 aliphatic rings. The minimum absolute atomic E-state index is 0. The fourth-order valence-corrected chi connectivity index (χ4v) is 4.91. The maximum absolute atomic E-state index is 12.7. The van der Waals surface area contributed by atoms with E-state index in [1.165, 1.54) is 16.4 Å². The van der Waals surface area contributed by atoms with Crippen LogP contribution in [0.15, 0.2) is 28.3 Å². The average molecular weight is 384 g/mol. The molecule has 0 aliphatic carbocycles. The Morgan fingerprint density at radius 2 is 1.91 bits per heavy atom. The average Bonchev–Trinajstić information content (AvgIpc) is 2.46. The Balaban J connectivity index is 0.00000264. The number of nitrogens with two attached hydrogens (primary N) is 1. The Bertz CT molecular complexity index is 733. The van der Waals surface area contributed by atoms with Crippen molar-refractivity contribution in [3.05, 3.63) is 18.3 Å². The number of pyridine rings is 1. The maximum atomic E-state index is 12.7. The van der Waals surface area contributed by atoms with Gasteiger partial charge in [0, 0.05) is 31.1 Å². The third-order valence-electron chi connectivity index (χ3n) is 3.80. The summed E-state index contributed by atoms with van der Waals surface area (Å²) < 4.78 is 49.7. The zero-order valence-electron chi connectivity index (χ0n) is 13.0. The Morgan fingerprint density at radius 1 is 1.26 bits per heavy atom. The van der Waals surface area contributed by atoms with Crippen molar-refractivity contribution in [2.45, 2.75) is 48.2 Å². The lowest BCUT2D eigenvalue weighted by molar-refractivity contribution is 0.227.